The number of aliphatic hydroxyl groups is 1. The number of nitrogens with zero attached hydrogens (tertiary/aromatic N) is 2. The molecule has 0 aliphatic heterocycles. The van der Waals surface area contributed by atoms with Gasteiger partial charge >= 0.3 is 0 Å². The van der Waals surface area contributed by atoms with E-state index in [0.29, 0.717) is 18.1 Å². The van der Waals surface area contributed by atoms with Gasteiger partial charge in [-0.2, -0.15) is 4.98 Å². The third kappa shape index (κ3) is 3.54. The van der Waals surface area contributed by atoms with Gasteiger partial charge in [-0.25, -0.2) is 13.1 Å². The Morgan fingerprint density at radius 2 is 2.25 bits per heavy atom. The highest BCUT2D eigenvalue weighted by Crippen LogP contribution is 1.99. The summed E-state index contributed by atoms with van der Waals surface area (Å²) in [5.41, 5.74) is 0. The van der Waals surface area contributed by atoms with Crippen molar-refractivity contribution in [2.75, 3.05) is 13.2 Å². The van der Waals surface area contributed by atoms with Crippen LogP contribution in [0, 0.1) is 6.92 Å². The lowest BCUT2D eigenvalue weighted by Gasteiger charge is -2.10. The molecule has 1 heterocycles. The first-order valence-corrected chi connectivity index (χ1v) is 6.39. The second kappa shape index (κ2) is 5.37. The number of rotatable bonds is 6. The van der Waals surface area contributed by atoms with Crippen LogP contribution in [0.15, 0.2) is 4.52 Å². The zero-order valence-corrected chi connectivity index (χ0v) is 9.99. The van der Waals surface area contributed by atoms with Crippen molar-refractivity contribution in [2.24, 2.45) is 0 Å². The van der Waals surface area contributed by atoms with E-state index in [1.54, 1.807) is 6.92 Å². The Hall–Kier alpha value is -0.990. The molecule has 0 aromatic carbocycles. The molecule has 1 aromatic heterocycles. The van der Waals surface area contributed by atoms with E-state index in [0.717, 1.165) is 0 Å². The maximum atomic E-state index is 11.4. The second-order valence-corrected chi connectivity index (χ2v) is 5.60. The lowest BCUT2D eigenvalue weighted by molar-refractivity contribution is 0.294. The largest absolute Gasteiger partial charge is 0.395 e. The molecule has 0 saturated carbocycles. The van der Waals surface area contributed by atoms with E-state index in [4.69, 9.17) is 9.63 Å². The molecule has 16 heavy (non-hydrogen) atoms. The zero-order chi connectivity index (χ0) is 12.2. The first-order valence-electron chi connectivity index (χ1n) is 4.84. The third-order valence-electron chi connectivity index (χ3n) is 2.00. The van der Waals surface area contributed by atoms with Gasteiger partial charge in [-0.15, -0.1) is 0 Å². The summed E-state index contributed by atoms with van der Waals surface area (Å²) in [4.78, 5) is 3.93. The van der Waals surface area contributed by atoms with Gasteiger partial charge in [-0.3, -0.25) is 0 Å². The average molecular weight is 249 g/mol. The van der Waals surface area contributed by atoms with Gasteiger partial charge in [0, 0.05) is 13.0 Å². The van der Waals surface area contributed by atoms with Crippen LogP contribution in [0.3, 0.4) is 0 Å². The fraction of sp³-hybridized carbons (Fsp3) is 0.750. The first-order chi connectivity index (χ1) is 7.45. The molecule has 1 aromatic rings. The number of hydrogen-bond donors (Lipinski definition) is 2. The van der Waals surface area contributed by atoms with Crippen LogP contribution >= 0.6 is 0 Å². The van der Waals surface area contributed by atoms with E-state index >= 15 is 0 Å². The summed E-state index contributed by atoms with van der Waals surface area (Å²) < 4.78 is 30.0. The molecule has 8 heteroatoms. The number of sulfonamides is 1. The highest BCUT2D eigenvalue weighted by atomic mass is 32.2. The number of aryl methyl sites for hydroxylation is 1. The van der Waals surface area contributed by atoms with Crippen molar-refractivity contribution in [3.05, 3.63) is 11.7 Å². The minimum atomic E-state index is -3.46. The maximum absolute atomic E-state index is 11.4. The molecule has 0 fully saturated rings. The molecule has 0 bridgehead atoms. The Morgan fingerprint density at radius 3 is 2.75 bits per heavy atom. The summed E-state index contributed by atoms with van der Waals surface area (Å²) in [6, 6.07) is 0. The smallest absolute Gasteiger partial charge is 0.227 e. The molecule has 2 N–H and O–H groups in total. The molecule has 7 nitrogen and oxygen atoms in total. The van der Waals surface area contributed by atoms with Crippen LogP contribution in [0.25, 0.3) is 0 Å². The highest BCUT2D eigenvalue weighted by molar-refractivity contribution is 7.90. The molecule has 1 unspecified atom stereocenters. The van der Waals surface area contributed by atoms with Crippen LogP contribution in [0.4, 0.5) is 0 Å². The van der Waals surface area contributed by atoms with Crippen LogP contribution in [-0.4, -0.2) is 42.1 Å². The van der Waals surface area contributed by atoms with E-state index in [1.807, 2.05) is 0 Å². The van der Waals surface area contributed by atoms with Crippen molar-refractivity contribution >= 4 is 10.0 Å². The monoisotopic (exact) mass is 249 g/mol. The molecule has 92 valence electrons. The van der Waals surface area contributed by atoms with Gasteiger partial charge in [-0.05, 0) is 13.8 Å². The molecule has 1 rings (SSSR count). The lowest BCUT2D eigenvalue weighted by Crippen LogP contribution is -2.35. The van der Waals surface area contributed by atoms with E-state index in [9.17, 15) is 8.42 Å². The molecule has 0 saturated heterocycles. The summed E-state index contributed by atoms with van der Waals surface area (Å²) in [5.74, 6) is 0.901. The van der Waals surface area contributed by atoms with Crippen molar-refractivity contribution in [2.45, 2.75) is 25.5 Å². The molecule has 0 spiro atoms. The van der Waals surface area contributed by atoms with Crippen molar-refractivity contribution in [3.8, 4) is 0 Å². The van der Waals surface area contributed by atoms with Gasteiger partial charge in [0.25, 0.3) is 0 Å². The molecule has 1 atom stereocenters. The quantitative estimate of drug-likeness (QED) is 0.685. The van der Waals surface area contributed by atoms with Gasteiger partial charge in [0.05, 0.1) is 11.9 Å². The van der Waals surface area contributed by atoms with Gasteiger partial charge in [0.1, 0.15) is 0 Å². The van der Waals surface area contributed by atoms with Crippen LogP contribution in [0.1, 0.15) is 18.6 Å². The summed E-state index contributed by atoms with van der Waals surface area (Å²) in [5, 5.41) is 11.5. The van der Waals surface area contributed by atoms with Gasteiger partial charge in [-0.1, -0.05) is 5.16 Å². The van der Waals surface area contributed by atoms with E-state index in [1.165, 1.54) is 6.92 Å². The van der Waals surface area contributed by atoms with Crippen molar-refractivity contribution in [3.63, 3.8) is 0 Å². The Balaban J connectivity index is 2.41. The Labute approximate surface area is 93.9 Å². The fourth-order valence-electron chi connectivity index (χ4n) is 0.982. The summed E-state index contributed by atoms with van der Waals surface area (Å²) in [7, 11) is -3.46. The van der Waals surface area contributed by atoms with Crippen molar-refractivity contribution in [1.29, 1.82) is 0 Å². The van der Waals surface area contributed by atoms with E-state index < -0.39 is 21.9 Å². The molecule has 0 amide bonds. The predicted molar refractivity (Wildman–Crippen MR) is 56.2 cm³/mol. The topological polar surface area (TPSA) is 105 Å². The molecule has 0 aliphatic rings. The van der Waals surface area contributed by atoms with Crippen LogP contribution in [0.5, 0.6) is 0 Å². The maximum Gasteiger partial charge on any atom is 0.227 e. The van der Waals surface area contributed by atoms with Gasteiger partial charge in [0.2, 0.25) is 15.9 Å². The Morgan fingerprint density at radius 1 is 1.56 bits per heavy atom. The second-order valence-electron chi connectivity index (χ2n) is 3.42. The highest BCUT2D eigenvalue weighted by Gasteiger charge is 2.19. The zero-order valence-electron chi connectivity index (χ0n) is 9.17. The minimum absolute atomic E-state index is 0.175. The SMILES string of the molecule is Cc1noc(CCNS(=O)(=O)C(C)CO)n1. The van der Waals surface area contributed by atoms with Gasteiger partial charge < -0.3 is 9.63 Å². The average Bonchev–Trinajstić information content (AvgIpc) is 2.62. The number of aromatic nitrogens is 2. The number of hydrogen-bond acceptors (Lipinski definition) is 6. The predicted octanol–water partition coefficient (Wildman–Crippen LogP) is -0.779. The first kappa shape index (κ1) is 13.1. The summed E-state index contributed by atoms with van der Waals surface area (Å²) >= 11 is 0. The fourth-order valence-corrected chi connectivity index (χ4v) is 1.85. The Bertz CT molecular complexity index is 428. The number of aliphatic hydroxyl groups excluding tert-OH is 1. The Kier molecular flexibility index (Phi) is 4.39. The standard InChI is InChI=1S/C8H15N3O4S/c1-6(5-12)16(13,14)9-4-3-8-10-7(2)11-15-8/h6,9,12H,3-5H2,1-2H3. The van der Waals surface area contributed by atoms with Crippen molar-refractivity contribution < 1.29 is 18.0 Å². The molecular weight excluding hydrogens is 234 g/mol. The molecular formula is C8H15N3O4S. The van der Waals surface area contributed by atoms with Crippen LogP contribution in [0.2, 0.25) is 0 Å². The third-order valence-corrected chi connectivity index (χ3v) is 3.81. The van der Waals surface area contributed by atoms with Crippen LogP contribution < -0.4 is 4.72 Å². The minimum Gasteiger partial charge on any atom is -0.395 e. The van der Waals surface area contributed by atoms with Crippen LogP contribution in [-0.2, 0) is 16.4 Å². The molecule has 0 aliphatic carbocycles. The van der Waals surface area contributed by atoms with Gasteiger partial charge in [0.15, 0.2) is 5.82 Å². The van der Waals surface area contributed by atoms with E-state index in [2.05, 4.69) is 14.9 Å². The normalized spacial score (nSPS) is 13.9. The van der Waals surface area contributed by atoms with Crippen molar-refractivity contribution in [1.82, 2.24) is 14.9 Å². The molecule has 0 radical (unpaired) electrons. The summed E-state index contributed by atoms with van der Waals surface area (Å²) in [6.07, 6.45) is 0.332. The number of nitrogens with one attached hydrogen (secondary N) is 1. The summed E-state index contributed by atoms with van der Waals surface area (Å²) in [6.45, 7) is 2.88. The van der Waals surface area contributed by atoms with E-state index in [-0.39, 0.29) is 6.54 Å². The lowest BCUT2D eigenvalue weighted by atomic mass is 10.4.